The Bertz CT molecular complexity index is 1250. The van der Waals surface area contributed by atoms with Crippen molar-refractivity contribution in [2.24, 2.45) is 0 Å². The van der Waals surface area contributed by atoms with E-state index in [-0.39, 0.29) is 12.2 Å². The quantitative estimate of drug-likeness (QED) is 0.364. The summed E-state index contributed by atoms with van der Waals surface area (Å²) in [7, 11) is 2.97. The van der Waals surface area contributed by atoms with Crippen LogP contribution < -0.4 is 24.6 Å². The molecule has 2 amide bonds. The van der Waals surface area contributed by atoms with Crippen molar-refractivity contribution >= 4 is 46.8 Å². The molecule has 34 heavy (non-hydrogen) atoms. The van der Waals surface area contributed by atoms with Gasteiger partial charge in [0.25, 0.3) is 11.8 Å². The number of hydrogen-bond donors (Lipinski definition) is 1. The zero-order valence-electron chi connectivity index (χ0n) is 18.3. The molecule has 0 aliphatic carbocycles. The predicted molar refractivity (Wildman–Crippen MR) is 130 cm³/mol. The molecule has 0 unspecified atom stereocenters. The van der Waals surface area contributed by atoms with Gasteiger partial charge >= 0.3 is 0 Å². The number of hydrazine groups is 1. The number of rotatable bonds is 7. The van der Waals surface area contributed by atoms with Crippen LogP contribution in [0.4, 0.5) is 5.69 Å². The van der Waals surface area contributed by atoms with Gasteiger partial charge < -0.3 is 14.2 Å². The molecule has 1 fully saturated rings. The molecule has 1 aliphatic heterocycles. The zero-order valence-corrected chi connectivity index (χ0v) is 19.8. The molecular formula is C25H20Cl2N2O5. The predicted octanol–water partition coefficient (Wildman–Crippen LogP) is 5.05. The molecule has 3 aromatic rings. The van der Waals surface area contributed by atoms with E-state index in [1.165, 1.54) is 25.3 Å². The van der Waals surface area contributed by atoms with Gasteiger partial charge in [0.2, 0.25) is 5.75 Å². The third kappa shape index (κ3) is 4.81. The zero-order chi connectivity index (χ0) is 24.2. The fraction of sp³-hybridized carbons (Fsp3) is 0.120. The van der Waals surface area contributed by atoms with Gasteiger partial charge in [-0.1, -0.05) is 47.5 Å². The number of methoxy groups -OCH3 is 2. The van der Waals surface area contributed by atoms with Gasteiger partial charge in [-0.15, -0.1) is 0 Å². The van der Waals surface area contributed by atoms with Crippen molar-refractivity contribution in [2.75, 3.05) is 19.2 Å². The van der Waals surface area contributed by atoms with Gasteiger partial charge in [-0.25, -0.2) is 5.01 Å². The van der Waals surface area contributed by atoms with E-state index in [0.29, 0.717) is 38.5 Å². The summed E-state index contributed by atoms with van der Waals surface area (Å²) in [5.41, 5.74) is 4.37. The molecule has 7 nitrogen and oxygen atoms in total. The van der Waals surface area contributed by atoms with Gasteiger partial charge in [0.15, 0.2) is 11.5 Å². The van der Waals surface area contributed by atoms with Gasteiger partial charge in [0, 0.05) is 15.6 Å². The lowest BCUT2D eigenvalue weighted by molar-refractivity contribution is -0.117. The van der Waals surface area contributed by atoms with Gasteiger partial charge in [0.1, 0.15) is 12.2 Å². The molecule has 0 bridgehead atoms. The molecule has 0 radical (unpaired) electrons. The second-order valence-electron chi connectivity index (χ2n) is 7.25. The van der Waals surface area contributed by atoms with Crippen LogP contribution in [0.3, 0.4) is 0 Å². The molecule has 1 N–H and O–H groups in total. The molecule has 1 saturated heterocycles. The number of carbonyl (C=O) groups is 2. The maximum atomic E-state index is 12.9. The lowest BCUT2D eigenvalue weighted by Crippen LogP contribution is -2.35. The van der Waals surface area contributed by atoms with Crippen LogP contribution >= 0.6 is 23.2 Å². The number of benzene rings is 3. The first-order valence-electron chi connectivity index (χ1n) is 10.2. The highest BCUT2D eigenvalue weighted by Crippen LogP contribution is 2.40. The minimum atomic E-state index is -0.510. The lowest BCUT2D eigenvalue weighted by atomic mass is 10.1. The van der Waals surface area contributed by atoms with Crippen LogP contribution in [0.5, 0.6) is 17.2 Å². The molecule has 0 atom stereocenters. The highest BCUT2D eigenvalue weighted by atomic mass is 35.5. The average Bonchev–Trinajstić information content (AvgIpc) is 3.12. The van der Waals surface area contributed by atoms with Crippen LogP contribution in [0, 0.1) is 0 Å². The second kappa shape index (κ2) is 10.1. The van der Waals surface area contributed by atoms with Gasteiger partial charge in [-0.3, -0.25) is 15.0 Å². The number of carbonyl (C=O) groups excluding carboxylic acids is 2. The van der Waals surface area contributed by atoms with Crippen molar-refractivity contribution < 1.29 is 23.8 Å². The Balaban J connectivity index is 1.63. The molecule has 4 rings (SSSR count). The molecular weight excluding hydrogens is 479 g/mol. The Morgan fingerprint density at radius 3 is 2.24 bits per heavy atom. The van der Waals surface area contributed by atoms with Crippen LogP contribution in [0.1, 0.15) is 11.1 Å². The molecule has 3 aromatic carbocycles. The number of para-hydroxylation sites is 1. The first kappa shape index (κ1) is 23.5. The molecule has 1 aliphatic rings. The molecule has 0 saturated carbocycles. The number of anilines is 1. The van der Waals surface area contributed by atoms with E-state index in [9.17, 15) is 9.59 Å². The normalized spacial score (nSPS) is 14.4. The third-order valence-corrected chi connectivity index (χ3v) is 5.67. The Kier molecular flexibility index (Phi) is 6.95. The van der Waals surface area contributed by atoms with Crippen molar-refractivity contribution in [1.29, 1.82) is 0 Å². The summed E-state index contributed by atoms with van der Waals surface area (Å²) in [6.07, 6.45) is 1.48. The number of amides is 2. The molecule has 174 valence electrons. The maximum absolute atomic E-state index is 12.9. The number of nitrogens with zero attached hydrogens (tertiary/aromatic N) is 1. The number of ether oxygens (including phenoxy) is 3. The number of halogens is 2. The summed E-state index contributed by atoms with van der Waals surface area (Å²) in [5.74, 6) is 0.103. The molecule has 0 aromatic heterocycles. The largest absolute Gasteiger partial charge is 0.493 e. The van der Waals surface area contributed by atoms with Crippen molar-refractivity contribution in [2.45, 2.75) is 6.61 Å². The van der Waals surface area contributed by atoms with Gasteiger partial charge in [-0.2, -0.15) is 0 Å². The first-order chi connectivity index (χ1) is 16.4. The maximum Gasteiger partial charge on any atom is 0.282 e. The molecule has 1 heterocycles. The fourth-order valence-electron chi connectivity index (χ4n) is 3.40. The van der Waals surface area contributed by atoms with Crippen molar-refractivity contribution in [3.63, 3.8) is 0 Å². The van der Waals surface area contributed by atoms with E-state index in [0.717, 1.165) is 5.56 Å². The summed E-state index contributed by atoms with van der Waals surface area (Å²) in [4.78, 5) is 25.4. The number of nitrogens with one attached hydrogen (secondary N) is 1. The highest BCUT2D eigenvalue weighted by molar-refractivity contribution is 6.35. The summed E-state index contributed by atoms with van der Waals surface area (Å²) in [5, 5.41) is 2.20. The van der Waals surface area contributed by atoms with Crippen LogP contribution in [0.15, 0.2) is 66.2 Å². The minimum absolute atomic E-state index is 0.0189. The average molecular weight is 499 g/mol. The third-order valence-electron chi connectivity index (χ3n) is 5.09. The summed E-state index contributed by atoms with van der Waals surface area (Å²) >= 11 is 12.2. The van der Waals surface area contributed by atoms with E-state index in [2.05, 4.69) is 5.43 Å². The SMILES string of the molecule is COc1cc(C=C2C(=O)NN(c3ccccc3)C2=O)cc(OC)c1OCc1ccc(Cl)cc1Cl. The monoisotopic (exact) mass is 498 g/mol. The van der Waals surface area contributed by atoms with E-state index >= 15 is 0 Å². The van der Waals surface area contributed by atoms with Crippen LogP contribution in [0.25, 0.3) is 6.08 Å². The van der Waals surface area contributed by atoms with Crippen LogP contribution in [0.2, 0.25) is 10.0 Å². The van der Waals surface area contributed by atoms with E-state index in [1.807, 2.05) is 6.07 Å². The second-order valence-corrected chi connectivity index (χ2v) is 8.10. The van der Waals surface area contributed by atoms with Crippen LogP contribution in [-0.4, -0.2) is 26.0 Å². The summed E-state index contributed by atoms with van der Waals surface area (Å²) in [6, 6.07) is 17.3. The topological polar surface area (TPSA) is 77.1 Å². The number of hydrogen-bond acceptors (Lipinski definition) is 5. The fourth-order valence-corrected chi connectivity index (χ4v) is 3.86. The summed E-state index contributed by atoms with van der Waals surface area (Å²) < 4.78 is 16.9. The van der Waals surface area contributed by atoms with Gasteiger partial charge in [-0.05, 0) is 48.0 Å². The highest BCUT2D eigenvalue weighted by Gasteiger charge is 2.34. The van der Waals surface area contributed by atoms with E-state index in [4.69, 9.17) is 37.4 Å². The van der Waals surface area contributed by atoms with Gasteiger partial charge in [0.05, 0.1) is 19.9 Å². The van der Waals surface area contributed by atoms with Crippen LogP contribution in [-0.2, 0) is 16.2 Å². The summed E-state index contributed by atoms with van der Waals surface area (Å²) in [6.45, 7) is 0.149. The smallest absolute Gasteiger partial charge is 0.282 e. The Morgan fingerprint density at radius 1 is 0.941 bits per heavy atom. The Labute approximate surface area is 206 Å². The minimum Gasteiger partial charge on any atom is -0.493 e. The van der Waals surface area contributed by atoms with Crippen molar-refractivity contribution in [1.82, 2.24) is 5.43 Å². The standard InChI is InChI=1S/C25H20Cl2N2O5/c1-32-21-11-15(10-19-24(30)28-29(25(19)31)18-6-4-3-5-7-18)12-22(33-2)23(21)34-14-16-8-9-17(26)13-20(16)27/h3-13H,14H2,1-2H3,(H,28,30). The molecule has 9 heteroatoms. The molecule has 0 spiro atoms. The van der Waals surface area contributed by atoms with E-state index in [1.54, 1.807) is 54.6 Å². The Morgan fingerprint density at radius 2 is 1.62 bits per heavy atom. The first-order valence-corrected chi connectivity index (χ1v) is 10.9. The van der Waals surface area contributed by atoms with E-state index < -0.39 is 11.8 Å². The lowest BCUT2D eigenvalue weighted by Gasteiger charge is -2.16. The Hall–Kier alpha value is -3.68. The van der Waals surface area contributed by atoms with Crippen molar-refractivity contribution in [3.05, 3.63) is 87.4 Å². The van der Waals surface area contributed by atoms with Crippen molar-refractivity contribution in [3.8, 4) is 17.2 Å².